The van der Waals surface area contributed by atoms with Crippen LogP contribution in [-0.4, -0.2) is 49.7 Å². The number of hydrogen-bond donors (Lipinski definition) is 2. The topological polar surface area (TPSA) is 58.4 Å². The summed E-state index contributed by atoms with van der Waals surface area (Å²) in [6.45, 7) is 6.25. The lowest BCUT2D eigenvalue weighted by molar-refractivity contribution is -0.139. The number of carbonyl (C=O) groups is 1. The van der Waals surface area contributed by atoms with Gasteiger partial charge in [-0.3, -0.25) is 9.69 Å². The zero-order valence-corrected chi connectivity index (χ0v) is 11.8. The molecule has 0 radical (unpaired) electrons. The van der Waals surface area contributed by atoms with Gasteiger partial charge in [-0.1, -0.05) is 20.8 Å². The molecular formula is C12H24F3N3O. The molecule has 0 aliphatic heterocycles. The van der Waals surface area contributed by atoms with Crippen molar-refractivity contribution in [3.8, 4) is 0 Å². The van der Waals surface area contributed by atoms with Gasteiger partial charge in [-0.2, -0.15) is 13.2 Å². The highest BCUT2D eigenvalue weighted by molar-refractivity contribution is 5.78. The molecule has 19 heavy (non-hydrogen) atoms. The van der Waals surface area contributed by atoms with E-state index in [4.69, 9.17) is 5.73 Å². The molecule has 0 saturated carbocycles. The third-order valence-corrected chi connectivity index (χ3v) is 2.60. The molecule has 0 bridgehead atoms. The second kappa shape index (κ2) is 7.69. The summed E-state index contributed by atoms with van der Waals surface area (Å²) in [5, 5.41) is 1.88. The molecule has 1 amide bonds. The van der Waals surface area contributed by atoms with Crippen molar-refractivity contribution in [2.45, 2.75) is 33.4 Å². The third-order valence-electron chi connectivity index (χ3n) is 2.60. The molecule has 0 aromatic carbocycles. The molecule has 0 aromatic heterocycles. The first-order valence-corrected chi connectivity index (χ1v) is 6.35. The van der Waals surface area contributed by atoms with E-state index in [1.165, 1.54) is 0 Å². The maximum atomic E-state index is 12.0. The van der Waals surface area contributed by atoms with Crippen LogP contribution < -0.4 is 11.1 Å². The van der Waals surface area contributed by atoms with Crippen molar-refractivity contribution >= 4 is 5.91 Å². The second-order valence-corrected chi connectivity index (χ2v) is 5.47. The monoisotopic (exact) mass is 283 g/mol. The molecule has 0 saturated heterocycles. The summed E-state index contributed by atoms with van der Waals surface area (Å²) in [6, 6.07) is 0. The molecule has 0 aromatic rings. The third kappa shape index (κ3) is 9.72. The molecule has 0 atom stereocenters. The Balaban J connectivity index is 4.30. The fourth-order valence-electron chi connectivity index (χ4n) is 1.66. The zero-order valence-electron chi connectivity index (χ0n) is 11.8. The Morgan fingerprint density at radius 2 is 1.89 bits per heavy atom. The van der Waals surface area contributed by atoms with Gasteiger partial charge in [0, 0.05) is 6.54 Å². The van der Waals surface area contributed by atoms with Crippen LogP contribution in [0.25, 0.3) is 0 Å². The van der Waals surface area contributed by atoms with Crippen molar-refractivity contribution in [1.29, 1.82) is 0 Å². The van der Waals surface area contributed by atoms with Crippen molar-refractivity contribution in [1.82, 2.24) is 10.2 Å². The number of nitrogens with two attached hydrogens (primary N) is 1. The number of alkyl halides is 3. The Labute approximate surface area is 112 Å². The predicted octanol–water partition coefficient (Wildman–Crippen LogP) is 1.36. The SMILES string of the molecule is CCCN(CC(=O)NCC(F)(F)F)CC(C)(C)CN. The summed E-state index contributed by atoms with van der Waals surface area (Å²) < 4.78 is 35.9. The Morgan fingerprint density at radius 3 is 2.32 bits per heavy atom. The molecule has 4 nitrogen and oxygen atoms in total. The number of rotatable bonds is 8. The first-order valence-electron chi connectivity index (χ1n) is 6.35. The molecule has 0 unspecified atom stereocenters. The Hall–Kier alpha value is -0.820. The lowest BCUT2D eigenvalue weighted by Crippen LogP contribution is -2.45. The first kappa shape index (κ1) is 18.2. The maximum Gasteiger partial charge on any atom is 0.405 e. The average Bonchev–Trinajstić information content (AvgIpc) is 2.25. The van der Waals surface area contributed by atoms with Crippen LogP contribution in [0.2, 0.25) is 0 Å². The molecule has 0 aliphatic rings. The molecule has 0 heterocycles. The van der Waals surface area contributed by atoms with Gasteiger partial charge in [0.1, 0.15) is 6.54 Å². The van der Waals surface area contributed by atoms with Gasteiger partial charge in [-0.15, -0.1) is 0 Å². The van der Waals surface area contributed by atoms with Gasteiger partial charge < -0.3 is 11.1 Å². The van der Waals surface area contributed by atoms with E-state index >= 15 is 0 Å². The summed E-state index contributed by atoms with van der Waals surface area (Å²) in [5.41, 5.74) is 5.45. The summed E-state index contributed by atoms with van der Waals surface area (Å²) >= 11 is 0. The van der Waals surface area contributed by atoms with Crippen LogP contribution >= 0.6 is 0 Å². The van der Waals surface area contributed by atoms with E-state index in [1.54, 1.807) is 0 Å². The number of halogens is 3. The lowest BCUT2D eigenvalue weighted by atomic mass is 9.93. The smallest absolute Gasteiger partial charge is 0.346 e. The Kier molecular flexibility index (Phi) is 7.36. The largest absolute Gasteiger partial charge is 0.405 e. The molecule has 0 rings (SSSR count). The number of nitrogens with zero attached hydrogens (tertiary/aromatic N) is 1. The van der Waals surface area contributed by atoms with Crippen molar-refractivity contribution in [3.05, 3.63) is 0 Å². The number of hydrogen-bond acceptors (Lipinski definition) is 3. The molecular weight excluding hydrogens is 259 g/mol. The van der Waals surface area contributed by atoms with Crippen molar-refractivity contribution < 1.29 is 18.0 Å². The predicted molar refractivity (Wildman–Crippen MR) is 68.6 cm³/mol. The van der Waals surface area contributed by atoms with E-state index < -0.39 is 18.6 Å². The minimum Gasteiger partial charge on any atom is -0.346 e. The van der Waals surface area contributed by atoms with E-state index in [9.17, 15) is 18.0 Å². The van der Waals surface area contributed by atoms with E-state index in [0.717, 1.165) is 6.42 Å². The van der Waals surface area contributed by atoms with Crippen molar-refractivity contribution in [2.24, 2.45) is 11.1 Å². The maximum absolute atomic E-state index is 12.0. The normalized spacial score (nSPS) is 12.8. The molecule has 7 heteroatoms. The fraction of sp³-hybridized carbons (Fsp3) is 0.917. The van der Waals surface area contributed by atoms with Crippen molar-refractivity contribution in [3.63, 3.8) is 0 Å². The van der Waals surface area contributed by atoms with Crippen molar-refractivity contribution in [2.75, 3.05) is 32.7 Å². The molecule has 114 valence electrons. The zero-order chi connectivity index (χ0) is 15.1. The summed E-state index contributed by atoms with van der Waals surface area (Å²) in [5.74, 6) is -0.612. The van der Waals surface area contributed by atoms with Crippen LogP contribution in [0.4, 0.5) is 13.2 Å². The van der Waals surface area contributed by atoms with Crippen LogP contribution in [0.3, 0.4) is 0 Å². The van der Waals surface area contributed by atoms with E-state index in [1.807, 2.05) is 31.0 Å². The van der Waals surface area contributed by atoms with Crippen LogP contribution in [0.5, 0.6) is 0 Å². The van der Waals surface area contributed by atoms with Gasteiger partial charge >= 0.3 is 6.18 Å². The second-order valence-electron chi connectivity index (χ2n) is 5.47. The van der Waals surface area contributed by atoms with E-state index in [2.05, 4.69) is 0 Å². The minimum absolute atomic E-state index is 0.0344. The van der Waals surface area contributed by atoms with Crippen LogP contribution in [0.15, 0.2) is 0 Å². The van der Waals surface area contributed by atoms with Gasteiger partial charge in [0.15, 0.2) is 0 Å². The summed E-state index contributed by atoms with van der Waals surface area (Å²) in [4.78, 5) is 13.3. The molecule has 0 fully saturated rings. The number of amides is 1. The highest BCUT2D eigenvalue weighted by Gasteiger charge is 2.28. The van der Waals surface area contributed by atoms with Gasteiger partial charge in [-0.25, -0.2) is 0 Å². The molecule has 3 N–H and O–H groups in total. The van der Waals surface area contributed by atoms with Gasteiger partial charge in [0.2, 0.25) is 5.91 Å². The fourth-order valence-corrected chi connectivity index (χ4v) is 1.66. The lowest BCUT2D eigenvalue weighted by Gasteiger charge is -2.31. The number of carbonyl (C=O) groups excluding carboxylic acids is 1. The molecule has 0 spiro atoms. The average molecular weight is 283 g/mol. The Morgan fingerprint density at radius 1 is 1.32 bits per heavy atom. The van der Waals surface area contributed by atoms with Crippen LogP contribution in [0.1, 0.15) is 27.2 Å². The van der Waals surface area contributed by atoms with Crippen LogP contribution in [-0.2, 0) is 4.79 Å². The Bertz CT molecular complexity index is 280. The minimum atomic E-state index is -4.37. The summed E-state index contributed by atoms with van der Waals surface area (Å²) in [6.07, 6.45) is -3.55. The van der Waals surface area contributed by atoms with Crippen LogP contribution in [0, 0.1) is 5.41 Å². The van der Waals surface area contributed by atoms with Gasteiger partial charge in [-0.05, 0) is 24.9 Å². The van der Waals surface area contributed by atoms with E-state index in [0.29, 0.717) is 19.6 Å². The quantitative estimate of drug-likeness (QED) is 0.707. The summed E-state index contributed by atoms with van der Waals surface area (Å²) in [7, 11) is 0. The van der Waals surface area contributed by atoms with E-state index in [-0.39, 0.29) is 12.0 Å². The number of nitrogens with one attached hydrogen (secondary N) is 1. The van der Waals surface area contributed by atoms with Gasteiger partial charge in [0.05, 0.1) is 6.54 Å². The highest BCUT2D eigenvalue weighted by atomic mass is 19.4. The van der Waals surface area contributed by atoms with Gasteiger partial charge in [0.25, 0.3) is 0 Å². The highest BCUT2D eigenvalue weighted by Crippen LogP contribution is 2.15. The first-order chi connectivity index (χ1) is 8.59. The standard InChI is InChI=1S/C12H24F3N3O/c1-4-5-18(9-11(2,3)7-16)6-10(19)17-8-12(13,14)15/h4-9,16H2,1-3H3,(H,17,19). The molecule has 0 aliphatic carbocycles.